The number of halogens is 1. The van der Waals surface area contributed by atoms with Gasteiger partial charge in [0.2, 0.25) is 0 Å². The van der Waals surface area contributed by atoms with Crippen molar-refractivity contribution in [3.8, 4) is 5.75 Å². The Morgan fingerprint density at radius 2 is 2.12 bits per heavy atom. The summed E-state index contributed by atoms with van der Waals surface area (Å²) in [5, 5.41) is 20.1. The summed E-state index contributed by atoms with van der Waals surface area (Å²) in [6.07, 6.45) is 3.05. The highest BCUT2D eigenvalue weighted by molar-refractivity contribution is 8.14. The highest BCUT2D eigenvalue weighted by atomic mass is 35.5. The summed E-state index contributed by atoms with van der Waals surface area (Å²) in [4.78, 5) is 7.02. The van der Waals surface area contributed by atoms with Crippen LogP contribution in [0.15, 0.2) is 46.5 Å². The van der Waals surface area contributed by atoms with Gasteiger partial charge in [0.05, 0.1) is 29.5 Å². The lowest BCUT2D eigenvalue weighted by atomic mass is 9.94. The van der Waals surface area contributed by atoms with Crippen LogP contribution in [0.3, 0.4) is 0 Å². The maximum Gasteiger partial charge on any atom is 0.189 e. The van der Waals surface area contributed by atoms with Crippen LogP contribution < -0.4 is 15.5 Å². The van der Waals surface area contributed by atoms with Crippen LogP contribution in [-0.4, -0.2) is 59.9 Å². The Morgan fingerprint density at radius 3 is 2.85 bits per heavy atom. The molecule has 7 nitrogen and oxygen atoms in total. The van der Waals surface area contributed by atoms with Gasteiger partial charge in [-0.15, -0.1) is 11.8 Å². The average Bonchev–Trinajstić information content (AvgIpc) is 3.38. The molecular formula is C24H28ClN5O2S. The second-order valence-electron chi connectivity index (χ2n) is 8.46. The molecule has 0 bridgehead atoms. The minimum absolute atomic E-state index is 0.263. The number of ether oxygens (including phenoxy) is 1. The van der Waals surface area contributed by atoms with Crippen molar-refractivity contribution in [3.05, 3.63) is 63.7 Å². The number of aliphatic imine (C=N–C) groups is 1. The molecule has 0 saturated carbocycles. The Balaban J connectivity index is 1.52. The summed E-state index contributed by atoms with van der Waals surface area (Å²) in [6.45, 7) is 2.94. The van der Waals surface area contributed by atoms with E-state index in [1.54, 1.807) is 18.9 Å². The topological polar surface area (TPSA) is 81.5 Å². The number of nitrogens with one attached hydrogen (secondary N) is 2. The zero-order chi connectivity index (χ0) is 22.8. The predicted molar refractivity (Wildman–Crippen MR) is 134 cm³/mol. The van der Waals surface area contributed by atoms with Gasteiger partial charge in [-0.2, -0.15) is 5.10 Å². The van der Waals surface area contributed by atoms with E-state index in [0.29, 0.717) is 17.3 Å². The number of rotatable bonds is 6. The lowest BCUT2D eigenvalue weighted by Crippen LogP contribution is -2.66. The van der Waals surface area contributed by atoms with Gasteiger partial charge in [0, 0.05) is 48.6 Å². The van der Waals surface area contributed by atoms with E-state index in [1.165, 1.54) is 0 Å². The fraction of sp³-hybridized carbons (Fsp3) is 0.417. The van der Waals surface area contributed by atoms with Crippen molar-refractivity contribution in [2.45, 2.75) is 31.3 Å². The molecule has 3 N–H and O–H groups in total. The van der Waals surface area contributed by atoms with Gasteiger partial charge in [0.1, 0.15) is 5.75 Å². The van der Waals surface area contributed by atoms with Gasteiger partial charge < -0.3 is 9.84 Å². The number of fused-ring (bicyclic) bond motifs is 1. The van der Waals surface area contributed by atoms with E-state index in [1.807, 2.05) is 24.4 Å². The van der Waals surface area contributed by atoms with E-state index in [4.69, 9.17) is 16.3 Å². The van der Waals surface area contributed by atoms with Crippen LogP contribution in [-0.2, 0) is 12.3 Å². The second kappa shape index (κ2) is 9.64. The van der Waals surface area contributed by atoms with Crippen LogP contribution in [0.5, 0.6) is 5.75 Å². The number of hydrogen-bond donors (Lipinski definition) is 3. The zero-order valence-electron chi connectivity index (χ0n) is 18.6. The molecule has 1 saturated heterocycles. The maximum absolute atomic E-state index is 10.1. The first-order valence-electron chi connectivity index (χ1n) is 11.2. The molecule has 33 heavy (non-hydrogen) atoms. The van der Waals surface area contributed by atoms with E-state index < -0.39 is 5.79 Å². The molecule has 5 rings (SSSR count). The number of nitrogens with zero attached hydrogens (tertiary/aromatic N) is 3. The quantitative estimate of drug-likeness (QED) is 0.583. The lowest BCUT2D eigenvalue weighted by molar-refractivity contribution is -0.0300. The number of methoxy groups -OCH3 is 1. The molecule has 0 amide bonds. The van der Waals surface area contributed by atoms with Crippen LogP contribution in [0.1, 0.15) is 35.1 Å². The molecule has 174 valence electrons. The zero-order valence-corrected chi connectivity index (χ0v) is 20.1. The molecule has 3 aliphatic heterocycles. The molecule has 1 fully saturated rings. The van der Waals surface area contributed by atoms with Crippen LogP contribution >= 0.6 is 23.4 Å². The maximum atomic E-state index is 10.1. The highest BCUT2D eigenvalue weighted by Gasteiger charge is 2.43. The normalized spacial score (nSPS) is 23.2. The van der Waals surface area contributed by atoms with Crippen molar-refractivity contribution in [3.63, 3.8) is 0 Å². The number of thioether (sulfide) groups is 1. The van der Waals surface area contributed by atoms with E-state index in [-0.39, 0.29) is 6.10 Å². The third kappa shape index (κ3) is 4.50. The number of aliphatic hydroxyl groups excluding tert-OH is 1. The largest absolute Gasteiger partial charge is 0.495 e. The average molecular weight is 486 g/mol. The van der Waals surface area contributed by atoms with E-state index >= 15 is 0 Å². The summed E-state index contributed by atoms with van der Waals surface area (Å²) in [6, 6.07) is 12.3. The Morgan fingerprint density at radius 1 is 1.27 bits per heavy atom. The molecule has 0 radical (unpaired) electrons. The molecule has 2 aromatic carbocycles. The number of hydrazone groups is 1. The minimum atomic E-state index is -0.712. The second-order valence-corrected chi connectivity index (χ2v) is 9.95. The van der Waals surface area contributed by atoms with Gasteiger partial charge in [-0.05, 0) is 36.6 Å². The molecule has 3 heterocycles. The molecule has 1 unspecified atom stereocenters. The number of aliphatic hydroxyl groups is 1. The van der Waals surface area contributed by atoms with Gasteiger partial charge in [-0.3, -0.25) is 20.6 Å². The minimum Gasteiger partial charge on any atom is -0.495 e. The third-order valence-corrected chi connectivity index (χ3v) is 7.73. The van der Waals surface area contributed by atoms with Gasteiger partial charge in [-0.1, -0.05) is 29.8 Å². The molecule has 0 spiro atoms. The predicted octanol–water partition coefficient (Wildman–Crippen LogP) is 3.14. The highest BCUT2D eigenvalue weighted by Crippen LogP contribution is 2.34. The van der Waals surface area contributed by atoms with Crippen molar-refractivity contribution < 1.29 is 9.84 Å². The lowest BCUT2D eigenvalue weighted by Gasteiger charge is -2.48. The van der Waals surface area contributed by atoms with Gasteiger partial charge >= 0.3 is 0 Å². The number of benzene rings is 2. The Hall–Kier alpha value is -2.10. The monoisotopic (exact) mass is 485 g/mol. The molecule has 2 aromatic rings. The van der Waals surface area contributed by atoms with Gasteiger partial charge in [0.25, 0.3) is 0 Å². The van der Waals surface area contributed by atoms with E-state index in [0.717, 1.165) is 65.5 Å². The first kappa shape index (κ1) is 22.7. The standard InChI is InChI=1S/C24H28ClN5O2S/c1-32-22-5-2-16(12-21(22)25)14-27-24(30-9-6-19(31)7-10-30)20-13-17(23-26-8-11-33-23)3-4-18(20)15-28-29-24/h2-5,12-13,15,19,27,29,31H,6-11,14H2,1H3. The fourth-order valence-electron chi connectivity index (χ4n) is 4.62. The summed E-state index contributed by atoms with van der Waals surface area (Å²) in [7, 11) is 1.62. The SMILES string of the molecule is COc1ccc(CNC2(N3CCC(O)CC3)NN=Cc3ccc(C4=NCCS4)cc32)cc1Cl. The number of likely N-dealkylation sites (tertiary alicyclic amines) is 1. The van der Waals surface area contributed by atoms with Crippen LogP contribution in [0.4, 0.5) is 0 Å². The summed E-state index contributed by atoms with van der Waals surface area (Å²) < 4.78 is 5.30. The molecule has 3 aliphatic rings. The van der Waals surface area contributed by atoms with Crippen molar-refractivity contribution >= 4 is 34.6 Å². The summed E-state index contributed by atoms with van der Waals surface area (Å²) in [5.41, 5.74) is 7.74. The molecule has 0 aromatic heterocycles. The first-order valence-corrected chi connectivity index (χ1v) is 12.6. The van der Waals surface area contributed by atoms with Gasteiger partial charge in [-0.25, -0.2) is 0 Å². The van der Waals surface area contributed by atoms with Crippen molar-refractivity contribution in [2.75, 3.05) is 32.5 Å². The number of piperidine rings is 1. The fourth-order valence-corrected chi connectivity index (χ4v) is 5.75. The third-order valence-electron chi connectivity index (χ3n) is 6.41. The van der Waals surface area contributed by atoms with E-state index in [2.05, 4.69) is 43.9 Å². The Bertz CT molecular complexity index is 1090. The van der Waals surface area contributed by atoms with Gasteiger partial charge in [0.15, 0.2) is 5.79 Å². The Kier molecular flexibility index (Phi) is 6.62. The molecular weight excluding hydrogens is 458 g/mol. The van der Waals surface area contributed by atoms with E-state index in [9.17, 15) is 5.11 Å². The van der Waals surface area contributed by atoms with Crippen molar-refractivity contribution in [2.24, 2.45) is 10.1 Å². The summed E-state index contributed by atoms with van der Waals surface area (Å²) in [5.74, 6) is 0.971. The summed E-state index contributed by atoms with van der Waals surface area (Å²) >= 11 is 8.18. The molecule has 0 aliphatic carbocycles. The van der Waals surface area contributed by atoms with Crippen molar-refractivity contribution in [1.29, 1.82) is 0 Å². The smallest absolute Gasteiger partial charge is 0.189 e. The Labute approximate surface area is 203 Å². The van der Waals surface area contributed by atoms with Crippen LogP contribution in [0.2, 0.25) is 5.02 Å². The number of hydrogen-bond acceptors (Lipinski definition) is 8. The molecule has 1 atom stereocenters. The van der Waals surface area contributed by atoms with Crippen LogP contribution in [0.25, 0.3) is 0 Å². The first-order chi connectivity index (χ1) is 16.1. The molecule has 9 heteroatoms. The van der Waals surface area contributed by atoms with Crippen molar-refractivity contribution in [1.82, 2.24) is 15.6 Å². The van der Waals surface area contributed by atoms with Crippen LogP contribution in [0, 0.1) is 0 Å².